The second kappa shape index (κ2) is 5.36. The Kier molecular flexibility index (Phi) is 3.58. The van der Waals surface area contributed by atoms with Crippen molar-refractivity contribution in [3.8, 4) is 0 Å². The smallest absolute Gasteiger partial charge is 0.109 e. The summed E-state index contributed by atoms with van der Waals surface area (Å²) in [5.74, 6) is 0.688. The number of rotatable bonds is 3. The maximum Gasteiger partial charge on any atom is 0.109 e. The number of hydrogen-bond donors (Lipinski definition) is 0. The number of hydrogen-bond acceptors (Lipinski definition) is 1. The number of fused-ring (bicyclic) bond motifs is 2. The van der Waals surface area contributed by atoms with Gasteiger partial charge in [-0.05, 0) is 56.4 Å². The lowest BCUT2D eigenvalue weighted by Crippen LogP contribution is -2.38. The zero-order valence-corrected chi connectivity index (χ0v) is 11.6. The molecule has 3 rings (SSSR count). The van der Waals surface area contributed by atoms with Crippen molar-refractivity contribution >= 4 is 0 Å². The van der Waals surface area contributed by atoms with Gasteiger partial charge in [0.05, 0.1) is 0 Å². The van der Waals surface area contributed by atoms with Crippen molar-refractivity contribution in [2.24, 2.45) is 0 Å². The minimum absolute atomic E-state index is 0.350. The summed E-state index contributed by atoms with van der Waals surface area (Å²) >= 11 is 0. The van der Waals surface area contributed by atoms with Crippen LogP contribution in [0.2, 0.25) is 0 Å². The fourth-order valence-corrected chi connectivity index (χ4v) is 3.73. The van der Waals surface area contributed by atoms with Gasteiger partial charge in [0.2, 0.25) is 0 Å². The normalized spacial score (nSPS) is 30.2. The molecule has 2 saturated heterocycles. The van der Waals surface area contributed by atoms with Crippen molar-refractivity contribution in [3.05, 3.63) is 47.7 Å². The van der Waals surface area contributed by atoms with Crippen molar-refractivity contribution in [3.63, 3.8) is 0 Å². The van der Waals surface area contributed by atoms with E-state index in [0.29, 0.717) is 18.0 Å². The number of benzene rings is 1. The van der Waals surface area contributed by atoms with Gasteiger partial charge >= 0.3 is 0 Å². The lowest BCUT2D eigenvalue weighted by atomic mass is 9.85. The predicted octanol–water partition coefficient (Wildman–Crippen LogP) is 4.19. The van der Waals surface area contributed by atoms with Crippen LogP contribution >= 0.6 is 0 Å². The van der Waals surface area contributed by atoms with Gasteiger partial charge in [-0.25, -0.2) is 4.39 Å². The number of alkyl halides is 1. The molecule has 2 heterocycles. The molecule has 1 aromatic carbocycles. The Morgan fingerprint density at radius 1 is 1.16 bits per heavy atom. The molecule has 2 bridgehead atoms. The van der Waals surface area contributed by atoms with Crippen molar-refractivity contribution in [1.29, 1.82) is 0 Å². The molecule has 0 saturated carbocycles. The van der Waals surface area contributed by atoms with E-state index >= 15 is 0 Å². The molecule has 2 aliphatic rings. The van der Waals surface area contributed by atoms with Gasteiger partial charge < -0.3 is 4.90 Å². The van der Waals surface area contributed by atoms with E-state index in [2.05, 4.69) is 36.1 Å². The molecule has 1 nitrogen and oxygen atoms in total. The fourth-order valence-electron chi connectivity index (χ4n) is 3.73. The highest BCUT2D eigenvalue weighted by Gasteiger charge is 2.39. The summed E-state index contributed by atoms with van der Waals surface area (Å²) in [6, 6.07) is 10.2. The summed E-state index contributed by atoms with van der Waals surface area (Å²) in [6.45, 7) is 1.79. The monoisotopic (exact) mass is 258 g/mol. The first kappa shape index (κ1) is 12.7. The van der Waals surface area contributed by atoms with E-state index in [1.54, 1.807) is 6.08 Å². The topological polar surface area (TPSA) is 3.24 Å². The summed E-state index contributed by atoms with van der Waals surface area (Å²) in [7, 11) is 0. The maximum atomic E-state index is 12.3. The Morgan fingerprint density at radius 2 is 1.79 bits per heavy atom. The van der Waals surface area contributed by atoms with Crippen molar-refractivity contribution in [1.82, 2.24) is 4.90 Å². The van der Waals surface area contributed by atoms with E-state index in [0.717, 1.165) is 0 Å². The number of allylic oxidation sites excluding steroid dienone is 1. The lowest BCUT2D eigenvalue weighted by molar-refractivity contribution is 0.187. The minimum Gasteiger partial charge on any atom is -0.372 e. The van der Waals surface area contributed by atoms with Crippen LogP contribution < -0.4 is 0 Å². The summed E-state index contributed by atoms with van der Waals surface area (Å²) in [5, 5.41) is 0. The first-order valence-corrected chi connectivity index (χ1v) is 7.34. The largest absolute Gasteiger partial charge is 0.372 e. The second-order valence-electron chi connectivity index (χ2n) is 5.95. The van der Waals surface area contributed by atoms with Gasteiger partial charge in [0.25, 0.3) is 0 Å². The van der Waals surface area contributed by atoms with Crippen LogP contribution in [0.4, 0.5) is 4.39 Å². The van der Waals surface area contributed by atoms with Gasteiger partial charge in [0.15, 0.2) is 0 Å². The molecule has 0 spiro atoms. The zero-order valence-electron chi connectivity index (χ0n) is 11.6. The molecule has 0 amide bonds. The lowest BCUT2D eigenvalue weighted by Gasteiger charge is -2.38. The van der Waals surface area contributed by atoms with Crippen LogP contribution in [-0.4, -0.2) is 23.7 Å². The van der Waals surface area contributed by atoms with Crippen molar-refractivity contribution < 1.29 is 4.39 Å². The first-order valence-electron chi connectivity index (χ1n) is 7.34. The van der Waals surface area contributed by atoms with Crippen LogP contribution in [0.3, 0.4) is 0 Å². The summed E-state index contributed by atoms with van der Waals surface area (Å²) in [5.41, 5.74) is 2.81. The van der Waals surface area contributed by atoms with Crippen LogP contribution in [0.15, 0.2) is 36.5 Å². The van der Waals surface area contributed by atoms with E-state index in [1.807, 2.05) is 6.20 Å². The third-order valence-electron chi connectivity index (χ3n) is 4.70. The minimum atomic E-state index is -0.350. The molecule has 0 aromatic heterocycles. The average Bonchev–Trinajstić information content (AvgIpc) is 2.66. The SMILES string of the molecule is Cc1ccc(C2CC3CCC(C2)N3/C=C/C[18F])cc1. The first-order chi connectivity index (χ1) is 9.28. The third-order valence-corrected chi connectivity index (χ3v) is 4.70. The summed E-state index contributed by atoms with van der Waals surface area (Å²) < 4.78 is 12.3. The van der Waals surface area contributed by atoms with Gasteiger partial charge in [0, 0.05) is 12.1 Å². The van der Waals surface area contributed by atoms with Crippen molar-refractivity contribution in [2.75, 3.05) is 6.67 Å². The van der Waals surface area contributed by atoms with Crippen LogP contribution in [-0.2, 0) is 0 Å². The number of halogens is 1. The Hall–Kier alpha value is -1.31. The second-order valence-corrected chi connectivity index (χ2v) is 5.95. The van der Waals surface area contributed by atoms with Crippen LogP contribution in [0.1, 0.15) is 42.7 Å². The number of aryl methyl sites for hydroxylation is 1. The quantitative estimate of drug-likeness (QED) is 0.786. The highest BCUT2D eigenvalue weighted by atomic mass is 18.2. The molecule has 2 atom stereocenters. The molecule has 2 heteroatoms. The van der Waals surface area contributed by atoms with Gasteiger partial charge in [0.1, 0.15) is 6.67 Å². The molecule has 2 fully saturated rings. The van der Waals surface area contributed by atoms with Gasteiger partial charge in [-0.2, -0.15) is 0 Å². The Morgan fingerprint density at radius 3 is 2.37 bits per heavy atom. The fraction of sp³-hybridized carbons (Fsp3) is 0.529. The molecule has 0 N–H and O–H groups in total. The molecular weight excluding hydrogens is 236 g/mol. The van der Waals surface area contributed by atoms with E-state index in [1.165, 1.54) is 36.8 Å². The Bertz CT molecular complexity index is 437. The van der Waals surface area contributed by atoms with E-state index < -0.39 is 0 Å². The van der Waals surface area contributed by atoms with Gasteiger partial charge in [-0.3, -0.25) is 0 Å². The van der Waals surface area contributed by atoms with Gasteiger partial charge in [-0.1, -0.05) is 29.8 Å². The van der Waals surface area contributed by atoms with Crippen molar-refractivity contribution in [2.45, 2.75) is 50.6 Å². The van der Waals surface area contributed by atoms with Crippen LogP contribution in [0.25, 0.3) is 0 Å². The molecular formula is C17H22FN. The highest BCUT2D eigenvalue weighted by molar-refractivity contribution is 5.26. The van der Waals surface area contributed by atoms with Crippen LogP contribution in [0, 0.1) is 6.92 Å². The van der Waals surface area contributed by atoms with Gasteiger partial charge in [-0.15, -0.1) is 0 Å². The Labute approximate surface area is 115 Å². The molecule has 2 unspecified atom stereocenters. The van der Waals surface area contributed by atoms with E-state index in [4.69, 9.17) is 0 Å². The standard InChI is InChI=1S/C17H22FN/c1-13-3-5-14(6-4-13)15-11-16-7-8-17(12-15)19(16)10-2-9-18/h2-6,10,15-17H,7-9,11-12H2,1H3/b10-2+/i18-1. The molecule has 19 heavy (non-hydrogen) atoms. The van der Waals surface area contributed by atoms with Crippen LogP contribution in [0.5, 0.6) is 0 Å². The molecule has 0 aliphatic carbocycles. The third kappa shape index (κ3) is 2.54. The molecule has 0 radical (unpaired) electrons. The van der Waals surface area contributed by atoms with E-state index in [9.17, 15) is 4.39 Å². The zero-order chi connectivity index (χ0) is 13.2. The molecule has 1 aromatic rings. The Balaban J connectivity index is 1.73. The maximum absolute atomic E-state index is 12.3. The van der Waals surface area contributed by atoms with E-state index in [-0.39, 0.29) is 6.67 Å². The summed E-state index contributed by atoms with van der Waals surface area (Å²) in [6.07, 6.45) is 8.62. The number of nitrogens with zero attached hydrogens (tertiary/aromatic N) is 1. The highest BCUT2D eigenvalue weighted by Crippen LogP contribution is 2.43. The molecule has 102 valence electrons. The summed E-state index contributed by atoms with van der Waals surface area (Å²) in [4.78, 5) is 2.41. The molecule has 2 aliphatic heterocycles. The average molecular weight is 258 g/mol. The number of piperidine rings is 1. The predicted molar refractivity (Wildman–Crippen MR) is 76.9 cm³/mol.